The number of hydrogen-bond acceptors (Lipinski definition) is 5. The minimum absolute atomic E-state index is 0.101. The molecule has 1 heterocycles. The molecule has 1 aliphatic heterocycles. The van der Waals surface area contributed by atoms with Crippen LogP contribution in [0, 0.1) is 0 Å². The number of nitrogens with one attached hydrogen (secondary N) is 1. The molecule has 0 bridgehead atoms. The summed E-state index contributed by atoms with van der Waals surface area (Å²) in [5.41, 5.74) is 1.70. The minimum atomic E-state index is -0.542. The fraction of sp³-hybridized carbons (Fsp3) is 0.556. The molecule has 1 atom stereocenters. The Morgan fingerprint density at radius 1 is 1.42 bits per heavy atom. The highest BCUT2D eigenvalue weighted by molar-refractivity contribution is 6.04. The van der Waals surface area contributed by atoms with Gasteiger partial charge in [-0.3, -0.25) is 4.79 Å². The van der Waals surface area contributed by atoms with Crippen LogP contribution in [-0.2, 0) is 9.63 Å². The van der Waals surface area contributed by atoms with Gasteiger partial charge in [0.2, 0.25) is 6.10 Å². The van der Waals surface area contributed by atoms with E-state index in [0.29, 0.717) is 13.0 Å². The van der Waals surface area contributed by atoms with Crippen molar-refractivity contribution in [3.63, 3.8) is 0 Å². The number of carbonyl (C=O) groups excluding carboxylic acids is 1. The third-order valence-electron chi connectivity index (χ3n) is 4.21. The highest BCUT2D eigenvalue weighted by Gasteiger charge is 2.28. The molecule has 0 fully saturated rings. The summed E-state index contributed by atoms with van der Waals surface area (Å²) >= 11 is 0. The topological polar surface area (TPSA) is 63.2 Å². The van der Waals surface area contributed by atoms with E-state index in [0.717, 1.165) is 43.1 Å². The van der Waals surface area contributed by atoms with Crippen LogP contribution in [0.15, 0.2) is 29.4 Å². The highest BCUT2D eigenvalue weighted by Crippen LogP contribution is 2.20. The van der Waals surface area contributed by atoms with E-state index in [1.54, 1.807) is 7.11 Å². The highest BCUT2D eigenvalue weighted by atomic mass is 16.6. The molecule has 0 aliphatic carbocycles. The van der Waals surface area contributed by atoms with Crippen molar-refractivity contribution in [2.45, 2.75) is 32.8 Å². The maximum atomic E-state index is 12.2. The molecule has 1 aliphatic rings. The number of rotatable bonds is 9. The second kappa shape index (κ2) is 9.27. The first-order valence-electron chi connectivity index (χ1n) is 8.55. The lowest BCUT2D eigenvalue weighted by atomic mass is 10.0. The molecule has 24 heavy (non-hydrogen) atoms. The van der Waals surface area contributed by atoms with E-state index in [9.17, 15) is 4.79 Å². The summed E-state index contributed by atoms with van der Waals surface area (Å²) in [6.45, 7) is 8.01. The lowest BCUT2D eigenvalue weighted by Gasteiger charge is -2.18. The van der Waals surface area contributed by atoms with Gasteiger partial charge in [0.1, 0.15) is 5.75 Å². The van der Waals surface area contributed by atoms with Crippen LogP contribution in [0.2, 0.25) is 0 Å². The number of hydrogen-bond donors (Lipinski definition) is 1. The van der Waals surface area contributed by atoms with Crippen molar-refractivity contribution in [3.8, 4) is 5.75 Å². The molecule has 0 spiro atoms. The number of oxime groups is 1. The quantitative estimate of drug-likeness (QED) is 0.703. The monoisotopic (exact) mass is 333 g/mol. The Kier molecular flexibility index (Phi) is 7.06. The molecule has 1 aromatic rings. The van der Waals surface area contributed by atoms with Gasteiger partial charge in [0.05, 0.1) is 12.8 Å². The fourth-order valence-electron chi connectivity index (χ4n) is 2.66. The van der Waals surface area contributed by atoms with Crippen LogP contribution < -0.4 is 10.1 Å². The standard InChI is InChI=1S/C18H27N3O3/c1-4-21(5-2)11-7-10-19-18(22)17-13-16(20-24-17)14-8-6-9-15(12-14)23-3/h6,8-9,12,17H,4-5,7,10-11,13H2,1-3H3,(H,19,22)/t17-/m0/s1. The van der Waals surface area contributed by atoms with Gasteiger partial charge in [0.25, 0.3) is 5.91 Å². The first-order chi connectivity index (χ1) is 11.7. The zero-order valence-electron chi connectivity index (χ0n) is 14.7. The molecule has 0 saturated carbocycles. The average molecular weight is 333 g/mol. The van der Waals surface area contributed by atoms with Crippen LogP contribution >= 0.6 is 0 Å². The van der Waals surface area contributed by atoms with Crippen molar-refractivity contribution in [1.82, 2.24) is 10.2 Å². The predicted molar refractivity (Wildman–Crippen MR) is 94.4 cm³/mol. The molecule has 0 saturated heterocycles. The second-order valence-corrected chi connectivity index (χ2v) is 5.74. The number of ether oxygens (including phenoxy) is 1. The third kappa shape index (κ3) is 4.96. The van der Waals surface area contributed by atoms with E-state index in [1.165, 1.54) is 0 Å². The van der Waals surface area contributed by atoms with E-state index < -0.39 is 6.10 Å². The number of benzene rings is 1. The van der Waals surface area contributed by atoms with Crippen LogP contribution in [0.1, 0.15) is 32.3 Å². The fourth-order valence-corrected chi connectivity index (χ4v) is 2.66. The van der Waals surface area contributed by atoms with Crippen LogP contribution in [-0.4, -0.2) is 55.9 Å². The largest absolute Gasteiger partial charge is 0.497 e. The summed E-state index contributed by atoms with van der Waals surface area (Å²) < 4.78 is 5.21. The Labute approximate surface area is 143 Å². The van der Waals surface area contributed by atoms with Gasteiger partial charge in [-0.2, -0.15) is 0 Å². The Morgan fingerprint density at radius 3 is 2.92 bits per heavy atom. The van der Waals surface area contributed by atoms with Gasteiger partial charge in [0.15, 0.2) is 0 Å². The second-order valence-electron chi connectivity index (χ2n) is 5.74. The van der Waals surface area contributed by atoms with Crippen molar-refractivity contribution in [3.05, 3.63) is 29.8 Å². The molecular formula is C18H27N3O3. The van der Waals surface area contributed by atoms with Crippen molar-refractivity contribution in [2.75, 3.05) is 33.3 Å². The predicted octanol–water partition coefficient (Wildman–Crippen LogP) is 2.04. The molecule has 0 radical (unpaired) electrons. The molecule has 2 rings (SSSR count). The number of amides is 1. The van der Waals surface area contributed by atoms with Crippen LogP contribution in [0.4, 0.5) is 0 Å². The van der Waals surface area contributed by atoms with Crippen LogP contribution in [0.3, 0.4) is 0 Å². The zero-order valence-corrected chi connectivity index (χ0v) is 14.7. The number of nitrogens with zero attached hydrogens (tertiary/aromatic N) is 2. The maximum Gasteiger partial charge on any atom is 0.264 e. The van der Waals surface area contributed by atoms with Gasteiger partial charge in [0, 0.05) is 18.5 Å². The van der Waals surface area contributed by atoms with Gasteiger partial charge < -0.3 is 19.8 Å². The molecule has 0 unspecified atom stereocenters. The smallest absolute Gasteiger partial charge is 0.264 e. The van der Waals surface area contributed by atoms with Gasteiger partial charge >= 0.3 is 0 Å². The third-order valence-corrected chi connectivity index (χ3v) is 4.21. The van der Waals surface area contributed by atoms with E-state index in [-0.39, 0.29) is 5.91 Å². The molecule has 1 aromatic carbocycles. The summed E-state index contributed by atoms with van der Waals surface area (Å²) in [5, 5.41) is 6.99. The van der Waals surface area contributed by atoms with Gasteiger partial charge in [-0.25, -0.2) is 0 Å². The van der Waals surface area contributed by atoms with Crippen molar-refractivity contribution in [2.24, 2.45) is 5.16 Å². The Morgan fingerprint density at radius 2 is 2.21 bits per heavy atom. The summed E-state index contributed by atoms with van der Waals surface area (Å²) in [5.74, 6) is 0.663. The normalized spacial score (nSPS) is 16.7. The van der Waals surface area contributed by atoms with E-state index in [1.807, 2.05) is 24.3 Å². The average Bonchev–Trinajstić information content (AvgIpc) is 3.12. The molecule has 6 heteroatoms. The SMILES string of the molecule is CCN(CC)CCCNC(=O)[C@@H]1CC(c2cccc(OC)c2)=NO1. The van der Waals surface area contributed by atoms with Crippen LogP contribution in [0.25, 0.3) is 0 Å². The first kappa shape index (κ1) is 18.3. The van der Waals surface area contributed by atoms with E-state index >= 15 is 0 Å². The molecule has 6 nitrogen and oxygen atoms in total. The van der Waals surface area contributed by atoms with E-state index in [2.05, 4.69) is 29.2 Å². The van der Waals surface area contributed by atoms with Gasteiger partial charge in [-0.15, -0.1) is 0 Å². The van der Waals surface area contributed by atoms with Crippen molar-refractivity contribution >= 4 is 11.6 Å². The number of carbonyl (C=O) groups is 1. The van der Waals surface area contributed by atoms with Gasteiger partial charge in [-0.05, 0) is 38.2 Å². The Balaban J connectivity index is 1.76. The lowest BCUT2D eigenvalue weighted by molar-refractivity contribution is -0.131. The summed E-state index contributed by atoms with van der Waals surface area (Å²) in [6, 6.07) is 7.61. The lowest BCUT2D eigenvalue weighted by Crippen LogP contribution is -2.36. The molecular weight excluding hydrogens is 306 g/mol. The van der Waals surface area contributed by atoms with Crippen molar-refractivity contribution < 1.29 is 14.4 Å². The summed E-state index contributed by atoms with van der Waals surface area (Å²) in [7, 11) is 1.63. The first-order valence-corrected chi connectivity index (χ1v) is 8.55. The summed E-state index contributed by atoms with van der Waals surface area (Å²) in [4.78, 5) is 19.8. The molecule has 132 valence electrons. The van der Waals surface area contributed by atoms with Gasteiger partial charge in [-0.1, -0.05) is 31.1 Å². The Hall–Kier alpha value is -2.08. The molecule has 0 aromatic heterocycles. The molecule has 1 N–H and O–H groups in total. The number of methoxy groups -OCH3 is 1. The Bertz CT molecular complexity index is 570. The maximum absolute atomic E-state index is 12.2. The minimum Gasteiger partial charge on any atom is -0.497 e. The van der Waals surface area contributed by atoms with Crippen molar-refractivity contribution in [1.29, 1.82) is 0 Å². The zero-order chi connectivity index (χ0) is 17.4. The van der Waals surface area contributed by atoms with Crippen LogP contribution in [0.5, 0.6) is 5.75 Å². The molecule has 1 amide bonds. The summed E-state index contributed by atoms with van der Waals surface area (Å²) in [6.07, 6.45) is 0.873. The van der Waals surface area contributed by atoms with E-state index in [4.69, 9.17) is 9.57 Å².